The average Bonchev–Trinajstić information content (AvgIpc) is 3.24. The Morgan fingerprint density at radius 3 is 1.88 bits per heavy atom. The van der Waals surface area contributed by atoms with Crippen molar-refractivity contribution in [3.05, 3.63) is 95.8 Å². The maximum absolute atomic E-state index is 5.09. The van der Waals surface area contributed by atoms with Crippen LogP contribution in [0.4, 0.5) is 0 Å². The fourth-order valence-electron chi connectivity index (χ4n) is 4.25. The predicted molar refractivity (Wildman–Crippen MR) is 138 cm³/mol. The highest BCUT2D eigenvalue weighted by Gasteiger charge is 2.15. The monoisotopic (exact) mass is 441 g/mol. The fourth-order valence-corrected chi connectivity index (χ4v) is 4.25. The Hall–Kier alpha value is -4.38. The van der Waals surface area contributed by atoms with Gasteiger partial charge in [-0.05, 0) is 44.5 Å². The molecule has 0 fully saturated rings. The molecule has 34 heavy (non-hydrogen) atoms. The molecular weight excluding hydrogens is 418 g/mol. The van der Waals surface area contributed by atoms with E-state index in [0.29, 0.717) is 5.65 Å². The van der Waals surface area contributed by atoms with E-state index in [4.69, 9.17) is 15.0 Å². The molecule has 0 saturated heterocycles. The van der Waals surface area contributed by atoms with E-state index in [1.807, 2.05) is 19.2 Å². The third-order valence-corrected chi connectivity index (χ3v) is 6.25. The summed E-state index contributed by atoms with van der Waals surface area (Å²) < 4.78 is 0. The van der Waals surface area contributed by atoms with Gasteiger partial charge in [-0.15, -0.1) is 0 Å². The van der Waals surface area contributed by atoms with Crippen molar-refractivity contribution >= 4 is 22.1 Å². The first-order valence-corrected chi connectivity index (χ1v) is 11.3. The van der Waals surface area contributed by atoms with Crippen LogP contribution in [0, 0.1) is 20.8 Å². The molecule has 3 aromatic carbocycles. The van der Waals surface area contributed by atoms with E-state index in [2.05, 4.69) is 90.8 Å². The number of aromatic amines is 1. The molecule has 0 bridgehead atoms. The van der Waals surface area contributed by atoms with Gasteiger partial charge in [0, 0.05) is 34.0 Å². The first kappa shape index (κ1) is 20.2. The van der Waals surface area contributed by atoms with Crippen LogP contribution in [0.3, 0.4) is 0 Å². The van der Waals surface area contributed by atoms with Crippen molar-refractivity contribution in [2.45, 2.75) is 20.8 Å². The molecule has 0 saturated carbocycles. The molecular formula is C29H23N5. The number of H-pyrrole nitrogens is 1. The molecule has 6 aromatic rings. The summed E-state index contributed by atoms with van der Waals surface area (Å²) in [6, 6.07) is 25.1. The van der Waals surface area contributed by atoms with Crippen molar-refractivity contribution in [2.75, 3.05) is 0 Å². The van der Waals surface area contributed by atoms with E-state index in [-0.39, 0.29) is 0 Å². The first-order chi connectivity index (χ1) is 16.5. The highest BCUT2D eigenvalue weighted by Crippen LogP contribution is 2.32. The van der Waals surface area contributed by atoms with Gasteiger partial charge in [0.05, 0.1) is 16.9 Å². The molecule has 1 N–H and O–H groups in total. The van der Waals surface area contributed by atoms with Crippen molar-refractivity contribution in [2.24, 2.45) is 0 Å². The van der Waals surface area contributed by atoms with E-state index >= 15 is 0 Å². The minimum Gasteiger partial charge on any atom is -0.282 e. The van der Waals surface area contributed by atoms with E-state index in [0.717, 1.165) is 55.8 Å². The maximum Gasteiger partial charge on any atom is 0.178 e. The molecule has 3 heterocycles. The zero-order valence-electron chi connectivity index (χ0n) is 19.3. The van der Waals surface area contributed by atoms with Gasteiger partial charge in [0.1, 0.15) is 5.52 Å². The largest absolute Gasteiger partial charge is 0.282 e. The molecule has 0 aliphatic carbocycles. The summed E-state index contributed by atoms with van der Waals surface area (Å²) in [6.45, 7) is 6.21. The summed E-state index contributed by atoms with van der Waals surface area (Å²) >= 11 is 0. The molecule has 0 amide bonds. The second kappa shape index (κ2) is 7.89. The number of hydrogen-bond acceptors (Lipinski definition) is 4. The second-order valence-electron chi connectivity index (χ2n) is 8.80. The SMILES string of the molecule is Cc1ccc(-c2nc3cc(-c4ccc5n[nH]c(C)c5c4)cnc3nc2-c2ccc(C)cc2)cc1. The number of nitrogens with zero attached hydrogens (tertiary/aromatic N) is 4. The number of aryl methyl sites for hydroxylation is 3. The smallest absolute Gasteiger partial charge is 0.178 e. The van der Waals surface area contributed by atoms with Crippen LogP contribution in [-0.2, 0) is 0 Å². The number of benzene rings is 3. The summed E-state index contributed by atoms with van der Waals surface area (Å²) in [5.41, 5.74) is 11.7. The lowest BCUT2D eigenvalue weighted by Crippen LogP contribution is -1.98. The van der Waals surface area contributed by atoms with Crippen molar-refractivity contribution in [3.8, 4) is 33.6 Å². The van der Waals surface area contributed by atoms with Gasteiger partial charge in [-0.2, -0.15) is 5.10 Å². The molecule has 6 rings (SSSR count). The molecule has 0 spiro atoms. The quantitative estimate of drug-likeness (QED) is 0.327. The third kappa shape index (κ3) is 3.52. The Kier molecular flexibility index (Phi) is 4.69. The Morgan fingerprint density at radius 2 is 1.21 bits per heavy atom. The van der Waals surface area contributed by atoms with Gasteiger partial charge in [0.25, 0.3) is 0 Å². The lowest BCUT2D eigenvalue weighted by atomic mass is 10.0. The molecule has 3 aromatic heterocycles. The van der Waals surface area contributed by atoms with Gasteiger partial charge in [-0.25, -0.2) is 15.0 Å². The zero-order chi connectivity index (χ0) is 23.2. The van der Waals surface area contributed by atoms with Crippen LogP contribution in [0.25, 0.3) is 55.7 Å². The molecule has 0 aliphatic rings. The van der Waals surface area contributed by atoms with Crippen LogP contribution < -0.4 is 0 Å². The maximum atomic E-state index is 5.09. The predicted octanol–water partition coefficient (Wildman–Crippen LogP) is 6.83. The van der Waals surface area contributed by atoms with Crippen molar-refractivity contribution in [3.63, 3.8) is 0 Å². The number of fused-ring (bicyclic) bond motifs is 2. The van der Waals surface area contributed by atoms with Crippen LogP contribution in [0.1, 0.15) is 16.8 Å². The van der Waals surface area contributed by atoms with Crippen molar-refractivity contribution in [1.29, 1.82) is 0 Å². The Labute approximate surface area is 197 Å². The number of pyridine rings is 1. The number of aromatic nitrogens is 5. The highest BCUT2D eigenvalue weighted by atomic mass is 15.1. The molecule has 164 valence electrons. The summed E-state index contributed by atoms with van der Waals surface area (Å²) in [5, 5.41) is 8.50. The average molecular weight is 442 g/mol. The van der Waals surface area contributed by atoms with Gasteiger partial charge >= 0.3 is 0 Å². The number of hydrogen-bond donors (Lipinski definition) is 1. The van der Waals surface area contributed by atoms with E-state index < -0.39 is 0 Å². The van der Waals surface area contributed by atoms with Gasteiger partial charge in [0.15, 0.2) is 5.65 Å². The minimum absolute atomic E-state index is 0.635. The lowest BCUT2D eigenvalue weighted by molar-refractivity contribution is 1.07. The highest BCUT2D eigenvalue weighted by molar-refractivity contribution is 5.89. The summed E-state index contributed by atoms with van der Waals surface area (Å²) in [6.07, 6.45) is 1.87. The number of rotatable bonds is 3. The van der Waals surface area contributed by atoms with E-state index in [1.54, 1.807) is 0 Å². The molecule has 5 heteroatoms. The van der Waals surface area contributed by atoms with E-state index in [1.165, 1.54) is 11.1 Å². The third-order valence-electron chi connectivity index (χ3n) is 6.25. The molecule has 0 unspecified atom stereocenters. The fraction of sp³-hybridized carbons (Fsp3) is 0.103. The standard InChI is InChI=1S/C29H23N5/c1-17-4-8-20(9-5-17)27-28(21-10-6-18(2)7-11-21)32-29-26(31-27)15-23(16-30-29)22-12-13-25-24(14-22)19(3)33-34-25/h4-16H,1-3H3,(H,33,34). The van der Waals surface area contributed by atoms with E-state index in [9.17, 15) is 0 Å². The summed E-state index contributed by atoms with van der Waals surface area (Å²) in [4.78, 5) is 14.8. The minimum atomic E-state index is 0.635. The van der Waals surface area contributed by atoms with Crippen molar-refractivity contribution < 1.29 is 0 Å². The topological polar surface area (TPSA) is 67.3 Å². The molecule has 0 radical (unpaired) electrons. The van der Waals surface area contributed by atoms with Crippen LogP contribution in [0.2, 0.25) is 0 Å². The second-order valence-corrected chi connectivity index (χ2v) is 8.80. The van der Waals surface area contributed by atoms with Gasteiger partial charge < -0.3 is 0 Å². The normalized spacial score (nSPS) is 11.4. The number of nitrogens with one attached hydrogen (secondary N) is 1. The van der Waals surface area contributed by atoms with Crippen LogP contribution >= 0.6 is 0 Å². The molecule has 0 atom stereocenters. The van der Waals surface area contributed by atoms with Crippen LogP contribution in [0.15, 0.2) is 79.0 Å². The Bertz CT molecular complexity index is 1660. The molecule has 0 aliphatic heterocycles. The first-order valence-electron chi connectivity index (χ1n) is 11.3. The van der Waals surface area contributed by atoms with Gasteiger partial charge in [-0.1, -0.05) is 65.7 Å². The molecule has 5 nitrogen and oxygen atoms in total. The Balaban J connectivity index is 1.55. The van der Waals surface area contributed by atoms with Gasteiger partial charge in [0.2, 0.25) is 0 Å². The zero-order valence-corrected chi connectivity index (χ0v) is 19.3. The van der Waals surface area contributed by atoms with Crippen LogP contribution in [-0.4, -0.2) is 25.1 Å². The summed E-state index contributed by atoms with van der Waals surface area (Å²) in [5.74, 6) is 0. The summed E-state index contributed by atoms with van der Waals surface area (Å²) in [7, 11) is 0. The van der Waals surface area contributed by atoms with Gasteiger partial charge in [-0.3, -0.25) is 5.10 Å². The van der Waals surface area contributed by atoms with Crippen LogP contribution in [0.5, 0.6) is 0 Å². The Morgan fingerprint density at radius 1 is 0.588 bits per heavy atom. The lowest BCUT2D eigenvalue weighted by Gasteiger charge is -2.12. The van der Waals surface area contributed by atoms with Crippen molar-refractivity contribution in [1.82, 2.24) is 25.1 Å².